The zero-order valence-electron chi connectivity index (χ0n) is 97.6. The van der Waals surface area contributed by atoms with E-state index in [1.54, 1.807) is 0 Å². The number of rotatable bonds is 23. The van der Waals surface area contributed by atoms with Gasteiger partial charge in [0.05, 0.1) is 0 Å². The minimum absolute atomic E-state index is 0.00998. The van der Waals surface area contributed by atoms with Gasteiger partial charge >= 0.3 is 0 Å². The maximum absolute atomic E-state index is 2.41. The molecule has 0 heteroatoms. The molecule has 0 saturated carbocycles. The van der Waals surface area contributed by atoms with Crippen LogP contribution in [0.4, 0.5) is 0 Å². The molecule has 0 unspecified atom stereocenters. The van der Waals surface area contributed by atoms with Gasteiger partial charge in [-0.05, 0) is 383 Å². The summed E-state index contributed by atoms with van der Waals surface area (Å²) < 4.78 is 0. The molecule has 0 fully saturated rings. The SMILES string of the molecule is CC(C)c1ccc(-c2ccc(C(C)C)cc2)cc1.CC(C)c1ccc(C(C)C)cc1.CC(C)c1ccc(Cc2ccc(C(C)C)cc2)cc1.CC(C)c1cccc(C(C)C)c1.Cc1cc(-c2cc(C)c(C(C)C)c(C)c2)cc(C)c1C(C)C.Cc1cc(-c2ccc(C(C)C)c(C)c2)ccc1C(C)C.Cc1cc(C(C)(C)c2cc(C)c(C(C)C)c(C)c2)cc(C)c1C(C)C.Cc1cc(C(C)C)ccc1C(C)C. The summed E-state index contributed by atoms with van der Waals surface area (Å²) in [6.45, 7) is 101. The Morgan fingerprint density at radius 1 is 0.156 bits per heavy atom. The molecular weight excluding hydrogens is 1690 g/mol. The molecule has 0 aliphatic carbocycles. The molecule has 0 spiro atoms. The highest BCUT2D eigenvalue weighted by Gasteiger charge is 2.27. The Balaban J connectivity index is 0.000000250. The molecule has 758 valence electrons. The lowest BCUT2D eigenvalue weighted by molar-refractivity contribution is 0.635. The first-order valence-corrected chi connectivity index (χ1v) is 54.3. The van der Waals surface area contributed by atoms with Crippen LogP contribution in [0.1, 0.15) is 503 Å². The van der Waals surface area contributed by atoms with Gasteiger partial charge in [0.25, 0.3) is 0 Å². The Labute approximate surface area is 866 Å². The molecule has 0 aliphatic rings. The predicted octanol–water partition coefficient (Wildman–Crippen LogP) is 43.8. The molecule has 0 aliphatic heterocycles. The van der Waals surface area contributed by atoms with Crippen molar-refractivity contribution >= 4 is 0 Å². The van der Waals surface area contributed by atoms with E-state index >= 15 is 0 Å². The van der Waals surface area contributed by atoms with Gasteiger partial charge < -0.3 is 0 Å². The van der Waals surface area contributed by atoms with E-state index in [-0.39, 0.29) is 5.41 Å². The lowest BCUT2D eigenvalue weighted by atomic mass is 9.74. The molecule has 0 N–H and O–H groups in total. The van der Waals surface area contributed by atoms with Crippen LogP contribution in [0, 0.1) is 76.2 Å². The number of hydrogen-bond acceptors (Lipinski definition) is 0. The zero-order valence-corrected chi connectivity index (χ0v) is 97.6. The van der Waals surface area contributed by atoms with Crippen LogP contribution < -0.4 is 0 Å². The van der Waals surface area contributed by atoms with Crippen molar-refractivity contribution in [1.29, 1.82) is 0 Å². The first-order chi connectivity index (χ1) is 65.9. The van der Waals surface area contributed by atoms with Crippen molar-refractivity contribution in [2.45, 2.75) is 418 Å². The van der Waals surface area contributed by atoms with E-state index in [9.17, 15) is 0 Å². The summed E-state index contributed by atoms with van der Waals surface area (Å²) in [4.78, 5) is 0. The average molecular weight is 1890 g/mol. The topological polar surface area (TPSA) is 0 Å². The molecule has 13 aromatic carbocycles. The van der Waals surface area contributed by atoms with Gasteiger partial charge in [0, 0.05) is 5.41 Å². The zero-order chi connectivity index (χ0) is 106. The molecule has 13 rings (SSSR count). The standard InChI is InChI=1S/C25H36.C22H30.C20H26.C19H24.C18H22.C13H20.2C12H18/c1-15(2)23-17(5)11-21(12-18(23)6)25(9,10)22-13-19(7)24(16(3)4)20(8)14-22;1-13(2)21-15(5)9-19(10-16(21)6)20-11-17(7)22(14(3)4)18(8)12-20;1-13(2)19-9-7-17(11-15(19)5)18-8-10-20(14(3)4)16(6)12-18;1-14(2)18-9-5-16(6-10-18)13-17-7-11-19(12-8-17)15(3)4;1-13(2)15-5-9-17(10-6-15)18-11-7-16(8-12-18)14(3)4;1-9(2)12-6-7-13(10(3)4)11(5)8-12;1-9(2)11-5-7-12(8-6-11)10(3)4;1-9(2)11-6-5-7-12(8-11)10(3)4/h11-16H,1-10H3;9-14H,1-8H3;7-14H,1-6H3;5-12,14-15H,13H2,1-4H3;5-14H,1-4H3;6-10H,1-5H3;2*5-10H,1-4H3. The van der Waals surface area contributed by atoms with Crippen molar-refractivity contribution in [1.82, 2.24) is 0 Å². The second-order valence-corrected chi connectivity index (χ2v) is 46.7. The minimum atomic E-state index is 0.00998. The maximum Gasteiger partial charge on any atom is 0.0146 e. The first kappa shape index (κ1) is 120. The Kier molecular flexibility index (Phi) is 47.2. The highest BCUT2D eigenvalue weighted by atomic mass is 14.3. The van der Waals surface area contributed by atoms with Gasteiger partial charge in [0.2, 0.25) is 0 Å². The van der Waals surface area contributed by atoms with Crippen LogP contribution in [0.5, 0.6) is 0 Å². The monoisotopic (exact) mass is 1890 g/mol. The lowest BCUT2D eigenvalue weighted by Gasteiger charge is -2.30. The Morgan fingerprint density at radius 2 is 0.340 bits per heavy atom. The van der Waals surface area contributed by atoms with E-state index < -0.39 is 0 Å². The van der Waals surface area contributed by atoms with E-state index in [1.165, 1.54) is 206 Å². The summed E-state index contributed by atoms with van der Waals surface area (Å²) in [5.74, 6) is 9.78. The van der Waals surface area contributed by atoms with E-state index in [1.807, 2.05) is 0 Å². The van der Waals surface area contributed by atoms with Crippen molar-refractivity contribution < 1.29 is 0 Å². The molecule has 0 amide bonds. The second-order valence-electron chi connectivity index (χ2n) is 46.7. The van der Waals surface area contributed by atoms with Gasteiger partial charge in [-0.15, -0.1) is 0 Å². The maximum atomic E-state index is 2.41. The largest absolute Gasteiger partial charge is 0.0617 e. The lowest BCUT2D eigenvalue weighted by Crippen LogP contribution is -2.21. The summed E-state index contributed by atoms with van der Waals surface area (Å²) in [6.07, 6.45) is 1.02. The Bertz CT molecular complexity index is 5550. The van der Waals surface area contributed by atoms with Crippen LogP contribution in [0.3, 0.4) is 0 Å². The summed E-state index contributed by atoms with van der Waals surface area (Å²) in [7, 11) is 0. The van der Waals surface area contributed by atoms with Crippen molar-refractivity contribution in [2.75, 3.05) is 0 Å². The van der Waals surface area contributed by atoms with Gasteiger partial charge in [0.1, 0.15) is 0 Å². The van der Waals surface area contributed by atoms with Crippen LogP contribution in [-0.4, -0.2) is 0 Å². The first-order valence-electron chi connectivity index (χ1n) is 54.3. The molecule has 0 saturated heterocycles. The van der Waals surface area contributed by atoms with Crippen LogP contribution in [0.25, 0.3) is 33.4 Å². The van der Waals surface area contributed by atoms with Crippen LogP contribution in [-0.2, 0) is 11.8 Å². The van der Waals surface area contributed by atoms with Crippen LogP contribution in [0.2, 0.25) is 0 Å². The molecule has 13 aromatic rings. The molecule has 0 radical (unpaired) electrons. The highest BCUT2D eigenvalue weighted by molar-refractivity contribution is 5.70. The van der Waals surface area contributed by atoms with Crippen molar-refractivity contribution in [3.05, 3.63) is 421 Å². The fourth-order valence-corrected chi connectivity index (χ4v) is 20.4. The second kappa shape index (κ2) is 55.6. The fraction of sp³-hybridized carbons (Fsp3) is 0.447. The summed E-state index contributed by atoms with van der Waals surface area (Å²) in [6, 6.07) is 93.3. The summed E-state index contributed by atoms with van der Waals surface area (Å²) >= 11 is 0. The van der Waals surface area contributed by atoms with Gasteiger partial charge in [-0.3, -0.25) is 0 Å². The molecule has 0 atom stereocenters. The minimum Gasteiger partial charge on any atom is -0.0617 e. The predicted molar refractivity (Wildman–Crippen MR) is 633 cm³/mol. The molecular formula is C141H194. The Morgan fingerprint density at radius 3 is 0.553 bits per heavy atom. The summed E-state index contributed by atoms with van der Waals surface area (Å²) in [5.41, 5.74) is 52.3. The molecule has 0 aromatic heterocycles. The van der Waals surface area contributed by atoms with Gasteiger partial charge in [0.15, 0.2) is 0 Å². The van der Waals surface area contributed by atoms with E-state index in [0.29, 0.717) is 94.7 Å². The van der Waals surface area contributed by atoms with Gasteiger partial charge in [-0.1, -0.05) is 484 Å². The molecule has 0 heterocycles. The highest BCUT2D eigenvalue weighted by Crippen LogP contribution is 2.41. The van der Waals surface area contributed by atoms with Crippen molar-refractivity contribution in [3.63, 3.8) is 0 Å². The third kappa shape index (κ3) is 35.4. The van der Waals surface area contributed by atoms with Crippen LogP contribution >= 0.6 is 0 Å². The smallest absolute Gasteiger partial charge is 0.0146 e. The van der Waals surface area contributed by atoms with Crippen molar-refractivity contribution in [3.8, 4) is 33.4 Å². The third-order valence-corrected chi connectivity index (χ3v) is 28.9. The molecule has 141 heavy (non-hydrogen) atoms. The number of hydrogen-bond donors (Lipinski definition) is 0. The number of aryl methyl sites for hydroxylation is 11. The van der Waals surface area contributed by atoms with Gasteiger partial charge in [-0.25, -0.2) is 0 Å². The summed E-state index contributed by atoms with van der Waals surface area (Å²) in [5, 5.41) is 0. The van der Waals surface area contributed by atoms with E-state index in [0.717, 1.165) is 6.42 Å². The Hall–Kier alpha value is -10.1. The van der Waals surface area contributed by atoms with Gasteiger partial charge in [-0.2, -0.15) is 0 Å². The normalized spacial score (nSPS) is 11.5. The molecule has 0 bridgehead atoms. The third-order valence-electron chi connectivity index (χ3n) is 28.9. The quantitative estimate of drug-likeness (QED) is 0.0599. The number of benzene rings is 13. The average Bonchev–Trinajstić information content (AvgIpc) is 0.767. The van der Waals surface area contributed by atoms with Crippen molar-refractivity contribution in [2.24, 2.45) is 0 Å². The van der Waals surface area contributed by atoms with Crippen LogP contribution in [0.15, 0.2) is 249 Å². The van der Waals surface area contributed by atoms with E-state index in [2.05, 4.69) is 560 Å². The molecule has 0 nitrogen and oxygen atoms in total. The van der Waals surface area contributed by atoms with E-state index in [4.69, 9.17) is 0 Å². The fourth-order valence-electron chi connectivity index (χ4n) is 20.4.